The SMILES string of the molecule is N#Cc1cc(N)ccc1-c1ccc(OCc2ccccc2)cc1. The molecule has 0 atom stereocenters. The van der Waals surface area contributed by atoms with Crippen LogP contribution in [-0.4, -0.2) is 0 Å². The summed E-state index contributed by atoms with van der Waals surface area (Å²) in [5, 5.41) is 9.24. The van der Waals surface area contributed by atoms with Crippen molar-refractivity contribution in [2.45, 2.75) is 6.61 Å². The van der Waals surface area contributed by atoms with Crippen molar-refractivity contribution >= 4 is 5.69 Å². The summed E-state index contributed by atoms with van der Waals surface area (Å²) in [5.41, 5.74) is 9.86. The van der Waals surface area contributed by atoms with E-state index in [1.807, 2.05) is 60.7 Å². The molecule has 0 spiro atoms. The zero-order valence-electron chi connectivity index (χ0n) is 12.6. The second-order valence-electron chi connectivity index (χ2n) is 5.22. The fraction of sp³-hybridized carbons (Fsp3) is 0.0500. The number of hydrogen-bond donors (Lipinski definition) is 1. The smallest absolute Gasteiger partial charge is 0.119 e. The number of anilines is 1. The van der Waals surface area contributed by atoms with Crippen LogP contribution in [0.4, 0.5) is 5.69 Å². The minimum absolute atomic E-state index is 0.533. The van der Waals surface area contributed by atoms with Crippen LogP contribution in [-0.2, 0) is 6.61 Å². The highest BCUT2D eigenvalue weighted by Crippen LogP contribution is 2.27. The van der Waals surface area contributed by atoms with Crippen molar-refractivity contribution in [3.8, 4) is 22.9 Å². The second-order valence-corrected chi connectivity index (χ2v) is 5.22. The summed E-state index contributed by atoms with van der Waals surface area (Å²) in [6.07, 6.45) is 0. The molecule has 112 valence electrons. The van der Waals surface area contributed by atoms with Gasteiger partial charge < -0.3 is 10.5 Å². The molecule has 3 nitrogen and oxygen atoms in total. The summed E-state index contributed by atoms with van der Waals surface area (Å²) in [5.74, 6) is 0.798. The summed E-state index contributed by atoms with van der Waals surface area (Å²) in [7, 11) is 0. The van der Waals surface area contributed by atoms with E-state index in [1.54, 1.807) is 12.1 Å². The van der Waals surface area contributed by atoms with Gasteiger partial charge in [-0.2, -0.15) is 5.26 Å². The van der Waals surface area contributed by atoms with Gasteiger partial charge >= 0.3 is 0 Å². The summed E-state index contributed by atoms with van der Waals surface area (Å²) in [4.78, 5) is 0. The Morgan fingerprint density at radius 1 is 0.913 bits per heavy atom. The van der Waals surface area contributed by atoms with Crippen LogP contribution in [0.5, 0.6) is 5.75 Å². The Morgan fingerprint density at radius 2 is 1.65 bits per heavy atom. The van der Waals surface area contributed by atoms with E-state index < -0.39 is 0 Å². The van der Waals surface area contributed by atoms with Crippen molar-refractivity contribution < 1.29 is 4.74 Å². The molecule has 23 heavy (non-hydrogen) atoms. The van der Waals surface area contributed by atoms with Crippen molar-refractivity contribution in [3.05, 3.63) is 83.9 Å². The minimum Gasteiger partial charge on any atom is -0.489 e. The van der Waals surface area contributed by atoms with Crippen molar-refractivity contribution in [1.82, 2.24) is 0 Å². The molecule has 3 aromatic carbocycles. The highest BCUT2D eigenvalue weighted by atomic mass is 16.5. The first kappa shape index (κ1) is 14.7. The topological polar surface area (TPSA) is 59.0 Å². The van der Waals surface area contributed by atoms with Crippen LogP contribution in [0.15, 0.2) is 72.8 Å². The average molecular weight is 300 g/mol. The normalized spacial score (nSPS) is 10.0. The predicted molar refractivity (Wildman–Crippen MR) is 91.8 cm³/mol. The summed E-state index contributed by atoms with van der Waals surface area (Å²) < 4.78 is 5.77. The van der Waals surface area contributed by atoms with Crippen LogP contribution in [0.3, 0.4) is 0 Å². The molecule has 0 aliphatic heterocycles. The van der Waals surface area contributed by atoms with Crippen molar-refractivity contribution in [1.29, 1.82) is 5.26 Å². The molecule has 0 unspecified atom stereocenters. The van der Waals surface area contributed by atoms with Crippen molar-refractivity contribution in [2.24, 2.45) is 0 Å². The van der Waals surface area contributed by atoms with E-state index in [9.17, 15) is 5.26 Å². The highest BCUT2D eigenvalue weighted by molar-refractivity contribution is 5.73. The number of nitrogen functional groups attached to an aromatic ring is 1. The van der Waals surface area contributed by atoms with Gasteiger partial charge in [0.25, 0.3) is 0 Å². The summed E-state index contributed by atoms with van der Waals surface area (Å²) in [6.45, 7) is 0.533. The lowest BCUT2D eigenvalue weighted by atomic mass is 10.00. The van der Waals surface area contributed by atoms with E-state index in [1.165, 1.54) is 0 Å². The number of nitrogens with two attached hydrogens (primary N) is 1. The molecule has 2 N–H and O–H groups in total. The summed E-state index contributed by atoms with van der Waals surface area (Å²) in [6, 6.07) is 25.3. The first-order valence-electron chi connectivity index (χ1n) is 7.33. The number of hydrogen-bond acceptors (Lipinski definition) is 3. The fourth-order valence-electron chi connectivity index (χ4n) is 2.38. The fourth-order valence-corrected chi connectivity index (χ4v) is 2.38. The molecule has 0 aliphatic rings. The summed E-state index contributed by atoms with van der Waals surface area (Å²) >= 11 is 0. The van der Waals surface area contributed by atoms with E-state index in [2.05, 4.69) is 6.07 Å². The average Bonchev–Trinajstić information content (AvgIpc) is 2.61. The van der Waals surface area contributed by atoms with Gasteiger partial charge in [-0.25, -0.2) is 0 Å². The third-order valence-electron chi connectivity index (χ3n) is 3.58. The van der Waals surface area contributed by atoms with Crippen LogP contribution in [0.2, 0.25) is 0 Å². The van der Waals surface area contributed by atoms with Gasteiger partial charge in [0.2, 0.25) is 0 Å². The van der Waals surface area contributed by atoms with Crippen LogP contribution in [0.25, 0.3) is 11.1 Å². The van der Waals surface area contributed by atoms with Gasteiger partial charge in [-0.3, -0.25) is 0 Å². The molecule has 0 fully saturated rings. The Morgan fingerprint density at radius 3 is 2.35 bits per heavy atom. The molecule has 0 aromatic heterocycles. The number of benzene rings is 3. The monoisotopic (exact) mass is 300 g/mol. The third-order valence-corrected chi connectivity index (χ3v) is 3.58. The molecular formula is C20H16N2O. The number of ether oxygens (including phenoxy) is 1. The largest absolute Gasteiger partial charge is 0.489 e. The minimum atomic E-state index is 0.533. The van der Waals surface area contributed by atoms with Crippen LogP contribution in [0, 0.1) is 11.3 Å². The van der Waals surface area contributed by atoms with Crippen LogP contribution in [0.1, 0.15) is 11.1 Å². The van der Waals surface area contributed by atoms with Gasteiger partial charge in [0.15, 0.2) is 0 Å². The molecule has 0 saturated carbocycles. The molecular weight excluding hydrogens is 284 g/mol. The predicted octanol–water partition coefficient (Wildman–Crippen LogP) is 4.39. The molecule has 0 aliphatic carbocycles. The Hall–Kier alpha value is -3.25. The van der Waals surface area contributed by atoms with E-state index >= 15 is 0 Å². The Labute approximate surface area is 135 Å². The first-order chi connectivity index (χ1) is 11.3. The second kappa shape index (κ2) is 6.67. The third kappa shape index (κ3) is 3.50. The van der Waals surface area contributed by atoms with Gasteiger partial charge in [0, 0.05) is 5.69 Å². The van der Waals surface area contributed by atoms with Gasteiger partial charge in [0.1, 0.15) is 12.4 Å². The van der Waals surface area contributed by atoms with E-state index in [0.29, 0.717) is 17.9 Å². The maximum atomic E-state index is 9.24. The first-order valence-corrected chi connectivity index (χ1v) is 7.33. The molecule has 0 amide bonds. The maximum Gasteiger partial charge on any atom is 0.119 e. The van der Waals surface area contributed by atoms with E-state index in [0.717, 1.165) is 22.4 Å². The number of nitrogens with zero attached hydrogens (tertiary/aromatic N) is 1. The van der Waals surface area contributed by atoms with Gasteiger partial charge in [-0.1, -0.05) is 48.5 Å². The van der Waals surface area contributed by atoms with Gasteiger partial charge in [0.05, 0.1) is 11.6 Å². The van der Waals surface area contributed by atoms with Crippen molar-refractivity contribution in [2.75, 3.05) is 5.73 Å². The molecule has 0 bridgehead atoms. The zero-order valence-corrected chi connectivity index (χ0v) is 12.6. The lowest BCUT2D eigenvalue weighted by molar-refractivity contribution is 0.306. The lowest BCUT2D eigenvalue weighted by Crippen LogP contribution is -1.95. The number of nitriles is 1. The lowest BCUT2D eigenvalue weighted by Gasteiger charge is -2.09. The Kier molecular flexibility index (Phi) is 4.26. The molecule has 3 aromatic rings. The molecule has 0 heterocycles. The maximum absolute atomic E-state index is 9.24. The van der Waals surface area contributed by atoms with Crippen LogP contribution < -0.4 is 10.5 Å². The van der Waals surface area contributed by atoms with E-state index in [4.69, 9.17) is 10.5 Å². The standard InChI is InChI=1S/C20H16N2O/c21-13-17-12-18(22)8-11-20(17)16-6-9-19(10-7-16)23-14-15-4-2-1-3-5-15/h1-12H,14,22H2. The molecule has 3 heteroatoms. The molecule has 0 radical (unpaired) electrons. The Balaban J connectivity index is 1.76. The number of rotatable bonds is 4. The van der Waals surface area contributed by atoms with Gasteiger partial charge in [-0.05, 0) is 41.0 Å². The molecule has 3 rings (SSSR count). The highest BCUT2D eigenvalue weighted by Gasteiger charge is 2.06. The van der Waals surface area contributed by atoms with Gasteiger partial charge in [-0.15, -0.1) is 0 Å². The molecule has 0 saturated heterocycles. The Bertz CT molecular complexity index is 834. The zero-order chi connectivity index (χ0) is 16.1. The van der Waals surface area contributed by atoms with E-state index in [-0.39, 0.29) is 0 Å². The van der Waals surface area contributed by atoms with Crippen molar-refractivity contribution in [3.63, 3.8) is 0 Å². The van der Waals surface area contributed by atoms with Crippen LogP contribution >= 0.6 is 0 Å². The quantitative estimate of drug-likeness (QED) is 0.727.